The van der Waals surface area contributed by atoms with Crippen LogP contribution >= 0.6 is 0 Å². The molecule has 0 atom stereocenters. The molecule has 2 fully saturated rings. The average Bonchev–Trinajstić information content (AvgIpc) is 2.70. The van der Waals surface area contributed by atoms with Crippen LogP contribution in [0.3, 0.4) is 0 Å². The summed E-state index contributed by atoms with van der Waals surface area (Å²) in [7, 11) is 0. The van der Waals surface area contributed by atoms with Crippen LogP contribution in [0.1, 0.15) is 39.0 Å². The molecule has 4 amide bonds. The molecule has 1 aromatic rings. The topological polar surface area (TPSA) is 81.8 Å². The fourth-order valence-corrected chi connectivity index (χ4v) is 3.99. The summed E-state index contributed by atoms with van der Waals surface area (Å²) in [5, 5.41) is 5.59. The summed E-state index contributed by atoms with van der Waals surface area (Å²) in [5.74, 6) is -0.449. The van der Waals surface area contributed by atoms with Crippen molar-refractivity contribution in [2.75, 3.05) is 31.5 Å². The molecule has 2 aliphatic rings. The molecule has 0 spiro atoms. The van der Waals surface area contributed by atoms with E-state index < -0.39 is 11.6 Å². The van der Waals surface area contributed by atoms with Crippen LogP contribution in [0.4, 0.5) is 14.9 Å². The molecule has 0 bridgehead atoms. The number of benzene rings is 1. The first-order valence-electron chi connectivity index (χ1n) is 9.79. The zero-order valence-electron chi connectivity index (χ0n) is 16.2. The minimum Gasteiger partial charge on any atom is -0.339 e. The highest BCUT2D eigenvalue weighted by Crippen LogP contribution is 2.30. The van der Waals surface area contributed by atoms with Crippen molar-refractivity contribution in [1.29, 1.82) is 0 Å². The van der Waals surface area contributed by atoms with Gasteiger partial charge in [0, 0.05) is 38.8 Å². The Morgan fingerprint density at radius 3 is 2.07 bits per heavy atom. The Morgan fingerprint density at radius 1 is 0.929 bits per heavy atom. The summed E-state index contributed by atoms with van der Waals surface area (Å²) in [6, 6.07) is 5.03. The Hall–Kier alpha value is -2.64. The lowest BCUT2D eigenvalue weighted by Gasteiger charge is -2.43. The van der Waals surface area contributed by atoms with Gasteiger partial charge in [0.15, 0.2) is 0 Å². The van der Waals surface area contributed by atoms with E-state index in [0.29, 0.717) is 44.7 Å². The van der Waals surface area contributed by atoms with Crippen LogP contribution < -0.4 is 10.6 Å². The van der Waals surface area contributed by atoms with E-state index in [1.807, 2.05) is 0 Å². The lowest BCUT2D eigenvalue weighted by molar-refractivity contribution is -0.144. The van der Waals surface area contributed by atoms with Gasteiger partial charge in [-0.25, -0.2) is 9.18 Å². The van der Waals surface area contributed by atoms with E-state index in [-0.39, 0.29) is 17.6 Å². The van der Waals surface area contributed by atoms with Gasteiger partial charge in [0.25, 0.3) is 0 Å². The summed E-state index contributed by atoms with van der Waals surface area (Å²) in [6.45, 7) is 3.50. The van der Waals surface area contributed by atoms with Crippen molar-refractivity contribution in [2.45, 2.75) is 44.6 Å². The minimum absolute atomic E-state index is 0.0104. The molecular formula is C20H27FN4O3. The van der Waals surface area contributed by atoms with Crippen LogP contribution in [0.15, 0.2) is 24.3 Å². The molecule has 7 nitrogen and oxygen atoms in total. The quantitative estimate of drug-likeness (QED) is 0.831. The van der Waals surface area contributed by atoms with Crippen LogP contribution in [-0.2, 0) is 9.59 Å². The van der Waals surface area contributed by atoms with Gasteiger partial charge in [0.1, 0.15) is 11.4 Å². The number of halogens is 1. The SMILES string of the molecule is CC(=O)N1CCN(C(=O)C2(NC(=O)Nc3ccc(F)cc3)CCCCC2)CC1. The number of urea groups is 1. The maximum atomic E-state index is 13.3. The first-order valence-corrected chi connectivity index (χ1v) is 9.79. The number of anilines is 1. The second-order valence-corrected chi connectivity index (χ2v) is 7.53. The molecule has 0 radical (unpaired) electrons. The van der Waals surface area contributed by atoms with Gasteiger partial charge < -0.3 is 20.4 Å². The number of nitrogens with one attached hydrogen (secondary N) is 2. The molecule has 1 aliphatic heterocycles. The fourth-order valence-electron chi connectivity index (χ4n) is 3.99. The van der Waals surface area contributed by atoms with Crippen molar-refractivity contribution in [3.05, 3.63) is 30.1 Å². The molecule has 2 N–H and O–H groups in total. The lowest BCUT2D eigenvalue weighted by atomic mass is 9.80. The Kier molecular flexibility index (Phi) is 6.16. The maximum absolute atomic E-state index is 13.3. The molecule has 1 heterocycles. The van der Waals surface area contributed by atoms with Crippen molar-refractivity contribution >= 4 is 23.5 Å². The third-order valence-corrected chi connectivity index (χ3v) is 5.58. The van der Waals surface area contributed by atoms with Gasteiger partial charge in [0.2, 0.25) is 11.8 Å². The number of nitrogens with zero attached hydrogens (tertiary/aromatic N) is 2. The van der Waals surface area contributed by atoms with E-state index in [0.717, 1.165) is 19.3 Å². The van der Waals surface area contributed by atoms with Gasteiger partial charge in [-0.15, -0.1) is 0 Å². The predicted octanol–water partition coefficient (Wildman–Crippen LogP) is 2.34. The number of carbonyl (C=O) groups excluding carboxylic acids is 3. The first kappa shape index (κ1) is 20.1. The number of piperazine rings is 1. The van der Waals surface area contributed by atoms with Gasteiger partial charge in [-0.1, -0.05) is 19.3 Å². The van der Waals surface area contributed by atoms with Crippen molar-refractivity contribution in [2.24, 2.45) is 0 Å². The summed E-state index contributed by atoms with van der Waals surface area (Å²) in [6.07, 6.45) is 3.96. The Labute approximate surface area is 164 Å². The molecular weight excluding hydrogens is 363 g/mol. The molecule has 1 saturated carbocycles. The third-order valence-electron chi connectivity index (χ3n) is 5.58. The molecule has 1 saturated heterocycles. The fraction of sp³-hybridized carbons (Fsp3) is 0.550. The van der Waals surface area contributed by atoms with Crippen LogP contribution in [0.2, 0.25) is 0 Å². The van der Waals surface area contributed by atoms with Crippen LogP contribution in [-0.4, -0.2) is 59.4 Å². The monoisotopic (exact) mass is 390 g/mol. The van der Waals surface area contributed by atoms with Gasteiger partial charge in [-0.2, -0.15) is 0 Å². The van der Waals surface area contributed by atoms with Crippen molar-refractivity contribution < 1.29 is 18.8 Å². The van der Waals surface area contributed by atoms with E-state index >= 15 is 0 Å². The second-order valence-electron chi connectivity index (χ2n) is 7.53. The summed E-state index contributed by atoms with van der Waals surface area (Å²) in [5.41, 5.74) is -0.465. The number of carbonyl (C=O) groups is 3. The zero-order chi connectivity index (χ0) is 20.1. The maximum Gasteiger partial charge on any atom is 0.320 e. The molecule has 28 heavy (non-hydrogen) atoms. The molecule has 1 aliphatic carbocycles. The van der Waals surface area contributed by atoms with E-state index in [2.05, 4.69) is 10.6 Å². The zero-order valence-corrected chi connectivity index (χ0v) is 16.2. The van der Waals surface area contributed by atoms with Crippen molar-refractivity contribution in [3.8, 4) is 0 Å². The third kappa shape index (κ3) is 4.61. The number of rotatable bonds is 3. The van der Waals surface area contributed by atoms with Crippen molar-refractivity contribution in [1.82, 2.24) is 15.1 Å². The smallest absolute Gasteiger partial charge is 0.320 e. The largest absolute Gasteiger partial charge is 0.339 e. The van der Waals surface area contributed by atoms with Gasteiger partial charge in [0.05, 0.1) is 0 Å². The molecule has 0 aromatic heterocycles. The van der Waals surface area contributed by atoms with Crippen LogP contribution in [0.5, 0.6) is 0 Å². The lowest BCUT2D eigenvalue weighted by Crippen LogP contribution is -2.63. The highest BCUT2D eigenvalue weighted by atomic mass is 19.1. The second kappa shape index (κ2) is 8.58. The molecule has 1 aromatic carbocycles. The van der Waals surface area contributed by atoms with Crippen molar-refractivity contribution in [3.63, 3.8) is 0 Å². The van der Waals surface area contributed by atoms with E-state index in [9.17, 15) is 18.8 Å². The van der Waals surface area contributed by atoms with Gasteiger partial charge in [-0.05, 0) is 37.1 Å². The van der Waals surface area contributed by atoms with E-state index in [4.69, 9.17) is 0 Å². The summed E-state index contributed by atoms with van der Waals surface area (Å²) in [4.78, 5) is 40.9. The molecule has 8 heteroatoms. The van der Waals surface area contributed by atoms with E-state index in [1.165, 1.54) is 31.2 Å². The Bertz CT molecular complexity index is 723. The summed E-state index contributed by atoms with van der Waals surface area (Å²) < 4.78 is 13.0. The van der Waals surface area contributed by atoms with Crippen LogP contribution in [0, 0.1) is 5.82 Å². The number of hydrogen-bond acceptors (Lipinski definition) is 3. The van der Waals surface area contributed by atoms with E-state index in [1.54, 1.807) is 9.80 Å². The first-order chi connectivity index (χ1) is 13.4. The molecule has 3 rings (SSSR count). The molecule has 0 unspecified atom stereocenters. The van der Waals surface area contributed by atoms with Gasteiger partial charge in [-0.3, -0.25) is 9.59 Å². The number of amides is 4. The highest BCUT2D eigenvalue weighted by molar-refractivity contribution is 5.96. The normalized spacial score (nSPS) is 19.1. The van der Waals surface area contributed by atoms with Crippen LogP contribution in [0.25, 0.3) is 0 Å². The Morgan fingerprint density at radius 2 is 1.50 bits per heavy atom. The minimum atomic E-state index is -0.930. The predicted molar refractivity (Wildman–Crippen MR) is 103 cm³/mol. The van der Waals surface area contributed by atoms with Gasteiger partial charge >= 0.3 is 6.03 Å². The number of hydrogen-bond donors (Lipinski definition) is 2. The average molecular weight is 390 g/mol. The Balaban J connectivity index is 1.67. The summed E-state index contributed by atoms with van der Waals surface area (Å²) >= 11 is 0. The molecule has 152 valence electrons. The highest BCUT2D eigenvalue weighted by Gasteiger charge is 2.44. The standard InChI is InChI=1S/C20H27FN4O3/c1-15(26)24-11-13-25(14-12-24)18(27)20(9-3-2-4-10-20)23-19(28)22-17-7-5-16(21)6-8-17/h5-8H,2-4,9-14H2,1H3,(H2,22,23,28).